The molecular weight excluding hydrogens is 380 g/mol. The summed E-state index contributed by atoms with van der Waals surface area (Å²) in [6.45, 7) is 0.233. The molecule has 0 aromatic heterocycles. The molecule has 0 bridgehead atoms. The first-order chi connectivity index (χ1) is 13.9. The maximum Gasteiger partial charge on any atom is 0.305 e. The van der Waals surface area contributed by atoms with Gasteiger partial charge in [-0.1, -0.05) is 6.07 Å². The molecule has 1 atom stereocenters. The Morgan fingerprint density at radius 2 is 1.97 bits per heavy atom. The molecule has 154 valence electrons. The summed E-state index contributed by atoms with van der Waals surface area (Å²) < 4.78 is 21.1. The molecule has 3 rings (SSSR count). The van der Waals surface area contributed by atoms with Crippen molar-refractivity contribution in [2.24, 2.45) is 0 Å². The third kappa shape index (κ3) is 4.53. The van der Waals surface area contributed by atoms with Crippen LogP contribution in [0.3, 0.4) is 0 Å². The van der Waals surface area contributed by atoms with Gasteiger partial charge in [0.25, 0.3) is 0 Å². The van der Waals surface area contributed by atoms with E-state index in [1.807, 2.05) is 0 Å². The molecule has 2 aromatic rings. The Kier molecular flexibility index (Phi) is 6.11. The van der Waals surface area contributed by atoms with Crippen LogP contribution in [0, 0.1) is 0 Å². The van der Waals surface area contributed by atoms with E-state index in [-0.39, 0.29) is 54.0 Å². The lowest BCUT2D eigenvalue weighted by Crippen LogP contribution is -2.20. The van der Waals surface area contributed by atoms with Gasteiger partial charge in [0.15, 0.2) is 17.3 Å². The summed E-state index contributed by atoms with van der Waals surface area (Å²) >= 11 is 0. The number of rotatable bonds is 7. The van der Waals surface area contributed by atoms with Gasteiger partial charge in [0.2, 0.25) is 0 Å². The Balaban J connectivity index is 1.77. The van der Waals surface area contributed by atoms with Crippen LogP contribution >= 0.6 is 0 Å². The molecule has 0 radical (unpaired) electrons. The standard InChI is InChI=1S/C21H22O8/c1-26-17-6-5-12(8-14(17)22)18-11-16(24)21-15(23)9-13(10-19(21)29-18)28-7-3-4-20(25)27-2/h5-6,8-10,18,22-23H,3-4,7,11H2,1-2H3. The number of ketones is 1. The highest BCUT2D eigenvalue weighted by atomic mass is 16.5. The minimum absolute atomic E-state index is 0.0195. The fourth-order valence-electron chi connectivity index (χ4n) is 3.10. The summed E-state index contributed by atoms with van der Waals surface area (Å²) in [5.41, 5.74) is 0.701. The van der Waals surface area contributed by atoms with Gasteiger partial charge < -0.3 is 29.2 Å². The van der Waals surface area contributed by atoms with Crippen LogP contribution in [0.1, 0.15) is 41.3 Å². The van der Waals surface area contributed by atoms with Crippen LogP contribution < -0.4 is 14.2 Å². The highest BCUT2D eigenvalue weighted by Crippen LogP contribution is 2.43. The van der Waals surface area contributed by atoms with E-state index in [4.69, 9.17) is 14.2 Å². The van der Waals surface area contributed by atoms with Crippen molar-refractivity contribution in [3.63, 3.8) is 0 Å². The second-order valence-corrected chi connectivity index (χ2v) is 6.51. The zero-order valence-corrected chi connectivity index (χ0v) is 16.1. The van der Waals surface area contributed by atoms with Crippen LogP contribution in [0.25, 0.3) is 0 Å². The monoisotopic (exact) mass is 402 g/mol. The second kappa shape index (κ2) is 8.72. The number of Topliss-reactive ketones (excluding diaryl/α,β-unsaturated/α-hetero) is 1. The van der Waals surface area contributed by atoms with E-state index >= 15 is 0 Å². The number of benzene rings is 2. The molecule has 2 aromatic carbocycles. The molecule has 1 heterocycles. The maximum absolute atomic E-state index is 12.6. The van der Waals surface area contributed by atoms with Crippen molar-refractivity contribution in [2.75, 3.05) is 20.8 Å². The SMILES string of the molecule is COC(=O)CCCOc1cc(O)c2c(c1)OC(c1ccc(OC)c(O)c1)CC2=O. The predicted octanol–water partition coefficient (Wildman–Crippen LogP) is 3.14. The number of hydrogen-bond donors (Lipinski definition) is 2. The van der Waals surface area contributed by atoms with Crippen molar-refractivity contribution < 1.29 is 38.7 Å². The van der Waals surface area contributed by atoms with Crippen molar-refractivity contribution in [1.29, 1.82) is 0 Å². The Morgan fingerprint density at radius 3 is 2.66 bits per heavy atom. The molecule has 0 saturated carbocycles. The highest BCUT2D eigenvalue weighted by Gasteiger charge is 2.31. The summed E-state index contributed by atoms with van der Waals surface area (Å²) in [5, 5.41) is 20.2. The van der Waals surface area contributed by atoms with Crippen molar-refractivity contribution in [3.05, 3.63) is 41.5 Å². The maximum atomic E-state index is 12.6. The average Bonchev–Trinajstić information content (AvgIpc) is 2.70. The number of ether oxygens (including phenoxy) is 4. The first-order valence-corrected chi connectivity index (χ1v) is 9.06. The number of hydrogen-bond acceptors (Lipinski definition) is 8. The predicted molar refractivity (Wildman–Crippen MR) is 102 cm³/mol. The number of carbonyl (C=O) groups excluding carboxylic acids is 2. The summed E-state index contributed by atoms with van der Waals surface area (Å²) in [5.74, 6) is -0.0650. The molecule has 0 spiro atoms. The normalized spacial score (nSPS) is 15.2. The van der Waals surface area contributed by atoms with Crippen LogP contribution in [0.5, 0.6) is 28.7 Å². The number of carbonyl (C=O) groups is 2. The van der Waals surface area contributed by atoms with Gasteiger partial charge in [-0.15, -0.1) is 0 Å². The molecule has 29 heavy (non-hydrogen) atoms. The molecule has 8 heteroatoms. The quantitative estimate of drug-likeness (QED) is 0.537. The Hall–Kier alpha value is -3.42. The molecule has 1 aliphatic heterocycles. The van der Waals surface area contributed by atoms with Gasteiger partial charge in [-0.05, 0) is 24.1 Å². The van der Waals surface area contributed by atoms with E-state index < -0.39 is 6.10 Å². The average molecular weight is 402 g/mol. The molecule has 0 fully saturated rings. The van der Waals surface area contributed by atoms with E-state index in [1.165, 1.54) is 32.4 Å². The molecule has 1 unspecified atom stereocenters. The smallest absolute Gasteiger partial charge is 0.305 e. The molecule has 0 saturated heterocycles. The molecular formula is C21H22O8. The molecule has 0 amide bonds. The van der Waals surface area contributed by atoms with Gasteiger partial charge in [-0.3, -0.25) is 9.59 Å². The molecule has 0 aliphatic carbocycles. The van der Waals surface area contributed by atoms with Crippen LogP contribution in [-0.4, -0.2) is 42.8 Å². The molecule has 8 nitrogen and oxygen atoms in total. The lowest BCUT2D eigenvalue weighted by molar-refractivity contribution is -0.140. The zero-order chi connectivity index (χ0) is 21.0. The van der Waals surface area contributed by atoms with E-state index in [2.05, 4.69) is 4.74 Å². The minimum Gasteiger partial charge on any atom is -0.507 e. The Labute approximate surface area is 167 Å². The first kappa shape index (κ1) is 20.3. The van der Waals surface area contributed by atoms with Crippen LogP contribution in [0.15, 0.2) is 30.3 Å². The number of esters is 1. The second-order valence-electron chi connectivity index (χ2n) is 6.51. The number of fused-ring (bicyclic) bond motifs is 1. The lowest BCUT2D eigenvalue weighted by atomic mass is 9.95. The van der Waals surface area contributed by atoms with Gasteiger partial charge in [-0.2, -0.15) is 0 Å². The number of phenolic OH excluding ortho intramolecular Hbond substituents is 2. The van der Waals surface area contributed by atoms with Crippen molar-refractivity contribution >= 4 is 11.8 Å². The van der Waals surface area contributed by atoms with Gasteiger partial charge in [0.1, 0.15) is 28.9 Å². The van der Waals surface area contributed by atoms with Crippen LogP contribution in [0.4, 0.5) is 0 Å². The van der Waals surface area contributed by atoms with Crippen molar-refractivity contribution in [1.82, 2.24) is 0 Å². The largest absolute Gasteiger partial charge is 0.507 e. The minimum atomic E-state index is -0.624. The Bertz CT molecular complexity index is 921. The van der Waals surface area contributed by atoms with Gasteiger partial charge in [-0.25, -0.2) is 0 Å². The first-order valence-electron chi connectivity index (χ1n) is 9.06. The number of methoxy groups -OCH3 is 2. The van der Waals surface area contributed by atoms with Gasteiger partial charge in [0.05, 0.1) is 27.2 Å². The summed E-state index contributed by atoms with van der Waals surface area (Å²) in [6, 6.07) is 7.65. The topological polar surface area (TPSA) is 112 Å². The van der Waals surface area contributed by atoms with E-state index in [0.29, 0.717) is 23.5 Å². The number of phenols is 2. The fourth-order valence-corrected chi connectivity index (χ4v) is 3.10. The van der Waals surface area contributed by atoms with Gasteiger partial charge >= 0.3 is 5.97 Å². The zero-order valence-electron chi connectivity index (χ0n) is 16.1. The fraction of sp³-hybridized carbons (Fsp3) is 0.333. The third-order valence-corrected chi connectivity index (χ3v) is 4.57. The van der Waals surface area contributed by atoms with Crippen molar-refractivity contribution in [2.45, 2.75) is 25.4 Å². The summed E-state index contributed by atoms with van der Waals surface area (Å²) in [4.78, 5) is 23.7. The Morgan fingerprint density at radius 1 is 1.17 bits per heavy atom. The van der Waals surface area contributed by atoms with Crippen molar-refractivity contribution in [3.8, 4) is 28.7 Å². The van der Waals surface area contributed by atoms with E-state index in [9.17, 15) is 19.8 Å². The van der Waals surface area contributed by atoms with Gasteiger partial charge in [0, 0.05) is 18.6 Å². The molecule has 2 N–H and O–H groups in total. The summed E-state index contributed by atoms with van der Waals surface area (Å²) in [6.07, 6.45) is 0.0515. The van der Waals surface area contributed by atoms with E-state index in [1.54, 1.807) is 12.1 Å². The highest BCUT2D eigenvalue weighted by molar-refractivity contribution is 6.02. The molecule has 1 aliphatic rings. The van der Waals surface area contributed by atoms with Crippen LogP contribution in [0.2, 0.25) is 0 Å². The van der Waals surface area contributed by atoms with E-state index in [0.717, 1.165) is 0 Å². The lowest BCUT2D eigenvalue weighted by Gasteiger charge is -2.26. The van der Waals surface area contributed by atoms with Crippen LogP contribution in [-0.2, 0) is 9.53 Å². The summed E-state index contributed by atoms with van der Waals surface area (Å²) in [7, 11) is 2.76. The third-order valence-electron chi connectivity index (χ3n) is 4.57. The number of aromatic hydroxyl groups is 2.